The van der Waals surface area contributed by atoms with Gasteiger partial charge in [-0.15, -0.1) is 0 Å². The fourth-order valence-electron chi connectivity index (χ4n) is 3.87. The molecule has 0 saturated carbocycles. The molecule has 3 aromatic carbocycles. The van der Waals surface area contributed by atoms with Crippen LogP contribution >= 0.6 is 15.9 Å². The second-order valence-corrected chi connectivity index (χ2v) is 8.71. The van der Waals surface area contributed by atoms with E-state index in [0.717, 1.165) is 4.47 Å². The molecule has 0 aliphatic carbocycles. The van der Waals surface area contributed by atoms with E-state index in [4.69, 9.17) is 9.72 Å². The Kier molecular flexibility index (Phi) is 6.98. The number of urea groups is 1. The lowest BCUT2D eigenvalue weighted by Gasteiger charge is -2.29. The van der Waals surface area contributed by atoms with Gasteiger partial charge in [0.05, 0.1) is 29.7 Å². The molecule has 2 amide bonds. The van der Waals surface area contributed by atoms with E-state index in [2.05, 4.69) is 21.2 Å². The Labute approximate surface area is 206 Å². The summed E-state index contributed by atoms with van der Waals surface area (Å²) in [6, 6.07) is 21.1. The van der Waals surface area contributed by atoms with Gasteiger partial charge in [0, 0.05) is 17.2 Å². The highest BCUT2D eigenvalue weighted by Gasteiger charge is 2.26. The van der Waals surface area contributed by atoms with Crippen molar-refractivity contribution in [2.75, 3.05) is 19.5 Å². The molecular formula is C26H25BrN4O3. The predicted molar refractivity (Wildman–Crippen MR) is 138 cm³/mol. The van der Waals surface area contributed by atoms with Crippen LogP contribution in [0.2, 0.25) is 0 Å². The second-order valence-electron chi connectivity index (χ2n) is 7.80. The average Bonchev–Trinajstić information content (AvgIpc) is 2.86. The molecule has 4 rings (SSSR count). The summed E-state index contributed by atoms with van der Waals surface area (Å²) < 4.78 is 7.78. The molecule has 8 heteroatoms. The minimum absolute atomic E-state index is 0.189. The van der Waals surface area contributed by atoms with Gasteiger partial charge in [0.2, 0.25) is 0 Å². The van der Waals surface area contributed by atoms with E-state index in [1.165, 1.54) is 0 Å². The number of carbonyl (C=O) groups excluding carboxylic acids is 1. The predicted octanol–water partition coefficient (Wildman–Crippen LogP) is 5.77. The van der Waals surface area contributed by atoms with E-state index in [9.17, 15) is 9.59 Å². The number of hydrogen-bond donors (Lipinski definition) is 1. The first-order chi connectivity index (χ1) is 16.4. The van der Waals surface area contributed by atoms with Crippen LogP contribution in [0.3, 0.4) is 0 Å². The third-order valence-electron chi connectivity index (χ3n) is 5.70. The van der Waals surface area contributed by atoms with Crippen LogP contribution in [-0.2, 0) is 0 Å². The van der Waals surface area contributed by atoms with Gasteiger partial charge >= 0.3 is 6.03 Å². The molecule has 0 radical (unpaired) electrons. The third-order valence-corrected chi connectivity index (χ3v) is 6.23. The lowest BCUT2D eigenvalue weighted by molar-refractivity contribution is 0.199. The summed E-state index contributed by atoms with van der Waals surface area (Å²) in [7, 11) is 3.30. The minimum atomic E-state index is -0.449. The quantitative estimate of drug-likeness (QED) is 0.350. The van der Waals surface area contributed by atoms with Gasteiger partial charge in [-0.1, -0.05) is 35.0 Å². The van der Waals surface area contributed by atoms with E-state index >= 15 is 0 Å². The van der Waals surface area contributed by atoms with Crippen LogP contribution in [-0.4, -0.2) is 34.6 Å². The number of nitrogens with one attached hydrogen (secondary N) is 1. The van der Waals surface area contributed by atoms with Crippen molar-refractivity contribution in [1.82, 2.24) is 14.5 Å². The van der Waals surface area contributed by atoms with Crippen molar-refractivity contribution in [3.05, 3.63) is 93.4 Å². The fourth-order valence-corrected chi connectivity index (χ4v) is 4.13. The number of halogens is 1. The number of rotatable bonds is 6. The third kappa shape index (κ3) is 4.68. The first-order valence-corrected chi connectivity index (χ1v) is 11.7. The summed E-state index contributed by atoms with van der Waals surface area (Å²) in [4.78, 5) is 33.2. The summed E-state index contributed by atoms with van der Waals surface area (Å²) in [6.45, 7) is 1.97. The number of methoxy groups -OCH3 is 1. The molecule has 174 valence electrons. The lowest BCUT2D eigenvalue weighted by Crippen LogP contribution is -2.38. The summed E-state index contributed by atoms with van der Waals surface area (Å²) in [5.41, 5.74) is 1.73. The van der Waals surface area contributed by atoms with Gasteiger partial charge in [-0.2, -0.15) is 0 Å². The molecule has 0 aliphatic rings. The van der Waals surface area contributed by atoms with E-state index < -0.39 is 6.04 Å². The molecule has 7 nitrogen and oxygen atoms in total. The van der Waals surface area contributed by atoms with E-state index in [1.54, 1.807) is 41.8 Å². The SMILES string of the molecule is CCC(c1nc2ccccc2c(=O)n1-c1ccc(OC)cc1)N(C)C(=O)Nc1ccc(Br)cc1. The number of anilines is 1. The highest BCUT2D eigenvalue weighted by Crippen LogP contribution is 2.26. The van der Waals surface area contributed by atoms with Gasteiger partial charge in [-0.05, 0) is 67.1 Å². The fraction of sp³-hybridized carbons (Fsp3) is 0.192. The van der Waals surface area contributed by atoms with E-state index in [1.807, 2.05) is 61.5 Å². The number of aromatic nitrogens is 2. The monoisotopic (exact) mass is 520 g/mol. The van der Waals surface area contributed by atoms with Crippen LogP contribution in [0.15, 0.2) is 82.1 Å². The van der Waals surface area contributed by atoms with Crippen molar-refractivity contribution in [3.63, 3.8) is 0 Å². The van der Waals surface area contributed by atoms with Gasteiger partial charge in [-0.3, -0.25) is 9.36 Å². The van der Waals surface area contributed by atoms with Crippen molar-refractivity contribution in [2.45, 2.75) is 19.4 Å². The van der Waals surface area contributed by atoms with Gasteiger partial charge in [-0.25, -0.2) is 9.78 Å². The number of carbonyl (C=O) groups is 1. The summed E-state index contributed by atoms with van der Waals surface area (Å²) in [6.07, 6.45) is 0.561. The van der Waals surface area contributed by atoms with Crippen molar-refractivity contribution in [3.8, 4) is 11.4 Å². The van der Waals surface area contributed by atoms with Crippen LogP contribution in [0.1, 0.15) is 25.2 Å². The average molecular weight is 521 g/mol. The molecule has 34 heavy (non-hydrogen) atoms. The summed E-state index contributed by atoms with van der Waals surface area (Å²) >= 11 is 3.40. The topological polar surface area (TPSA) is 76.5 Å². The number of ether oxygens (including phenoxy) is 1. The number of benzene rings is 3. The number of hydrogen-bond acceptors (Lipinski definition) is 4. The highest BCUT2D eigenvalue weighted by molar-refractivity contribution is 9.10. The molecule has 0 bridgehead atoms. The zero-order valence-electron chi connectivity index (χ0n) is 19.2. The molecule has 0 spiro atoms. The molecule has 0 saturated heterocycles. The molecule has 0 fully saturated rings. The van der Waals surface area contributed by atoms with Crippen LogP contribution in [0.5, 0.6) is 5.75 Å². The molecule has 0 aliphatic heterocycles. The number of para-hydroxylation sites is 1. The molecule has 1 unspecified atom stereocenters. The Bertz CT molecular complexity index is 1370. The first-order valence-electron chi connectivity index (χ1n) is 10.9. The maximum atomic E-state index is 13.6. The second kappa shape index (κ2) is 10.1. The van der Waals surface area contributed by atoms with Crippen molar-refractivity contribution < 1.29 is 9.53 Å². The Hall–Kier alpha value is -3.65. The van der Waals surface area contributed by atoms with Crippen molar-refractivity contribution in [1.29, 1.82) is 0 Å². The van der Waals surface area contributed by atoms with Crippen LogP contribution in [0, 0.1) is 0 Å². The lowest BCUT2D eigenvalue weighted by atomic mass is 10.1. The van der Waals surface area contributed by atoms with Gasteiger partial charge in [0.25, 0.3) is 5.56 Å². The number of fused-ring (bicyclic) bond motifs is 1. The van der Waals surface area contributed by atoms with Crippen LogP contribution in [0.4, 0.5) is 10.5 Å². The van der Waals surface area contributed by atoms with E-state index in [-0.39, 0.29) is 11.6 Å². The van der Waals surface area contributed by atoms with Gasteiger partial charge < -0.3 is 15.0 Å². The largest absolute Gasteiger partial charge is 0.497 e. The maximum absolute atomic E-state index is 13.6. The summed E-state index contributed by atoms with van der Waals surface area (Å²) in [5, 5.41) is 3.43. The molecule has 1 heterocycles. The molecular weight excluding hydrogens is 496 g/mol. The standard InChI is InChI=1S/C26H25BrN4O3/c1-4-23(30(2)26(33)28-18-11-9-17(27)10-12-18)24-29-22-8-6-5-7-21(22)25(32)31(24)19-13-15-20(34-3)16-14-19/h5-16,23H,4H2,1-3H3,(H,28,33). The smallest absolute Gasteiger partial charge is 0.322 e. The zero-order valence-corrected chi connectivity index (χ0v) is 20.7. The first kappa shape index (κ1) is 23.5. The van der Waals surface area contributed by atoms with Crippen molar-refractivity contribution in [2.24, 2.45) is 0 Å². The Morgan fingerprint density at radius 3 is 2.41 bits per heavy atom. The van der Waals surface area contributed by atoms with E-state index in [0.29, 0.717) is 40.3 Å². The number of nitrogens with zero attached hydrogens (tertiary/aromatic N) is 3. The van der Waals surface area contributed by atoms with Gasteiger partial charge in [0.15, 0.2) is 0 Å². The van der Waals surface area contributed by atoms with Crippen LogP contribution in [0.25, 0.3) is 16.6 Å². The normalized spacial score (nSPS) is 11.8. The number of amides is 2. The van der Waals surface area contributed by atoms with Gasteiger partial charge in [0.1, 0.15) is 11.6 Å². The summed E-state index contributed by atoms with van der Waals surface area (Å²) in [5.74, 6) is 1.18. The zero-order chi connectivity index (χ0) is 24.2. The van der Waals surface area contributed by atoms with Crippen molar-refractivity contribution >= 4 is 38.6 Å². The molecule has 1 atom stereocenters. The minimum Gasteiger partial charge on any atom is -0.497 e. The highest BCUT2D eigenvalue weighted by atomic mass is 79.9. The molecule has 4 aromatic rings. The molecule has 1 aromatic heterocycles. The Balaban J connectivity index is 1.80. The Morgan fingerprint density at radius 2 is 1.76 bits per heavy atom. The Morgan fingerprint density at radius 1 is 1.09 bits per heavy atom. The maximum Gasteiger partial charge on any atom is 0.322 e. The molecule has 1 N–H and O–H groups in total. The van der Waals surface area contributed by atoms with Crippen LogP contribution < -0.4 is 15.6 Å².